The number of esters is 1. The monoisotopic (exact) mass is 481 g/mol. The minimum atomic E-state index is -3.83. The summed E-state index contributed by atoms with van der Waals surface area (Å²) in [5.41, 5.74) is 1.79. The molecule has 0 atom stereocenters. The number of carbonyl (C=O) groups excluding carboxylic acids is 1. The number of hydrogen-bond donors (Lipinski definition) is 0. The SMILES string of the molecule is O=C(OCc1nc(-c2cccs2)no1)c1cccc(S(=O)(=O)N2CCCc3ccccc32)c1. The van der Waals surface area contributed by atoms with Crippen molar-refractivity contribution in [1.29, 1.82) is 0 Å². The van der Waals surface area contributed by atoms with E-state index < -0.39 is 16.0 Å². The first-order chi connectivity index (χ1) is 16.0. The molecule has 1 aliphatic rings. The number of hydrogen-bond acceptors (Lipinski definition) is 8. The molecule has 1 aliphatic heterocycles. The van der Waals surface area contributed by atoms with Crippen molar-refractivity contribution in [2.75, 3.05) is 10.8 Å². The lowest BCUT2D eigenvalue weighted by molar-refractivity contribution is 0.0429. The highest BCUT2D eigenvalue weighted by Gasteiger charge is 2.29. The number of nitrogens with zero attached hydrogens (tertiary/aromatic N) is 3. The van der Waals surface area contributed by atoms with Gasteiger partial charge in [-0.2, -0.15) is 4.98 Å². The summed E-state index contributed by atoms with van der Waals surface area (Å²) in [7, 11) is -3.83. The Labute approximate surface area is 194 Å². The van der Waals surface area contributed by atoms with E-state index >= 15 is 0 Å². The highest BCUT2D eigenvalue weighted by atomic mass is 32.2. The molecule has 2 aromatic carbocycles. The van der Waals surface area contributed by atoms with Crippen molar-refractivity contribution in [1.82, 2.24) is 10.1 Å². The Morgan fingerprint density at radius 1 is 1.12 bits per heavy atom. The maximum absolute atomic E-state index is 13.4. The Morgan fingerprint density at radius 2 is 2.00 bits per heavy atom. The molecule has 33 heavy (non-hydrogen) atoms. The van der Waals surface area contributed by atoms with E-state index in [4.69, 9.17) is 9.26 Å². The first-order valence-electron chi connectivity index (χ1n) is 10.3. The van der Waals surface area contributed by atoms with Gasteiger partial charge in [0.1, 0.15) is 0 Å². The fourth-order valence-electron chi connectivity index (χ4n) is 3.69. The van der Waals surface area contributed by atoms with Crippen LogP contribution in [0.15, 0.2) is 75.5 Å². The van der Waals surface area contributed by atoms with Crippen LogP contribution in [-0.4, -0.2) is 31.1 Å². The van der Waals surface area contributed by atoms with E-state index in [1.165, 1.54) is 39.9 Å². The molecule has 0 saturated heterocycles. The maximum atomic E-state index is 13.4. The number of carbonyl (C=O) groups is 1. The van der Waals surface area contributed by atoms with Crippen LogP contribution in [0.4, 0.5) is 5.69 Å². The van der Waals surface area contributed by atoms with Gasteiger partial charge in [-0.15, -0.1) is 11.3 Å². The fourth-order valence-corrected chi connectivity index (χ4v) is 5.93. The van der Waals surface area contributed by atoms with Crippen LogP contribution in [-0.2, 0) is 27.8 Å². The fraction of sp³-hybridized carbons (Fsp3) is 0.174. The molecule has 4 aromatic rings. The zero-order chi connectivity index (χ0) is 22.8. The zero-order valence-electron chi connectivity index (χ0n) is 17.4. The molecular formula is C23H19N3O5S2. The summed E-state index contributed by atoms with van der Waals surface area (Å²) in [6.45, 7) is 0.172. The third-order valence-corrected chi connectivity index (χ3v) is 7.94. The van der Waals surface area contributed by atoms with Gasteiger partial charge in [0.2, 0.25) is 5.82 Å². The first-order valence-corrected chi connectivity index (χ1v) is 12.6. The molecule has 0 saturated carbocycles. The molecule has 3 heterocycles. The Morgan fingerprint density at radius 3 is 2.85 bits per heavy atom. The predicted molar refractivity (Wildman–Crippen MR) is 122 cm³/mol. The van der Waals surface area contributed by atoms with Crippen LogP contribution in [0.1, 0.15) is 28.2 Å². The van der Waals surface area contributed by atoms with E-state index in [0.717, 1.165) is 23.3 Å². The van der Waals surface area contributed by atoms with Crippen molar-refractivity contribution in [3.8, 4) is 10.7 Å². The molecule has 0 amide bonds. The van der Waals surface area contributed by atoms with Crippen LogP contribution >= 0.6 is 11.3 Å². The normalized spacial score (nSPS) is 13.5. The number of sulfonamides is 1. The summed E-state index contributed by atoms with van der Waals surface area (Å²) >= 11 is 1.47. The highest BCUT2D eigenvalue weighted by molar-refractivity contribution is 7.92. The summed E-state index contributed by atoms with van der Waals surface area (Å²) in [5.74, 6) is -0.103. The number of anilines is 1. The van der Waals surface area contributed by atoms with Crippen molar-refractivity contribution >= 4 is 33.0 Å². The molecule has 0 N–H and O–H groups in total. The molecule has 0 radical (unpaired) electrons. The van der Waals surface area contributed by atoms with E-state index in [0.29, 0.717) is 18.1 Å². The smallest absolute Gasteiger partial charge is 0.338 e. The van der Waals surface area contributed by atoms with Crippen molar-refractivity contribution in [2.24, 2.45) is 0 Å². The summed E-state index contributed by atoms with van der Waals surface area (Å²) in [6.07, 6.45) is 1.56. The summed E-state index contributed by atoms with van der Waals surface area (Å²) in [4.78, 5) is 17.7. The molecule has 5 rings (SSSR count). The van der Waals surface area contributed by atoms with Crippen LogP contribution in [0.25, 0.3) is 10.7 Å². The largest absolute Gasteiger partial charge is 0.452 e. The third-order valence-electron chi connectivity index (χ3n) is 5.26. The lowest BCUT2D eigenvalue weighted by atomic mass is 10.0. The lowest BCUT2D eigenvalue weighted by Crippen LogP contribution is -2.35. The van der Waals surface area contributed by atoms with Crippen molar-refractivity contribution < 1.29 is 22.5 Å². The summed E-state index contributed by atoms with van der Waals surface area (Å²) in [5, 5.41) is 5.77. The summed E-state index contributed by atoms with van der Waals surface area (Å²) in [6, 6.07) is 17.1. The minimum Gasteiger partial charge on any atom is -0.452 e. The van der Waals surface area contributed by atoms with Gasteiger partial charge in [0, 0.05) is 6.54 Å². The molecule has 10 heteroatoms. The van der Waals surface area contributed by atoms with Crippen LogP contribution < -0.4 is 4.31 Å². The van der Waals surface area contributed by atoms with Gasteiger partial charge in [-0.25, -0.2) is 13.2 Å². The maximum Gasteiger partial charge on any atom is 0.338 e. The van der Waals surface area contributed by atoms with Gasteiger partial charge in [0.15, 0.2) is 6.61 Å². The number of fused-ring (bicyclic) bond motifs is 1. The Bertz CT molecular complexity index is 1400. The van der Waals surface area contributed by atoms with E-state index in [1.807, 2.05) is 35.7 Å². The molecule has 168 valence electrons. The Balaban J connectivity index is 1.32. The van der Waals surface area contributed by atoms with Crippen LogP contribution in [0.3, 0.4) is 0 Å². The first kappa shape index (κ1) is 21.4. The van der Waals surface area contributed by atoms with E-state index in [-0.39, 0.29) is 23.0 Å². The quantitative estimate of drug-likeness (QED) is 0.378. The van der Waals surface area contributed by atoms with Gasteiger partial charge in [0.05, 0.1) is 21.0 Å². The second-order valence-electron chi connectivity index (χ2n) is 7.40. The number of para-hydroxylation sites is 1. The van der Waals surface area contributed by atoms with Crippen LogP contribution in [0, 0.1) is 0 Å². The number of ether oxygens (including phenoxy) is 1. The molecule has 2 aromatic heterocycles. The molecule has 0 fully saturated rings. The highest BCUT2D eigenvalue weighted by Crippen LogP contribution is 2.32. The number of thiophene rings is 1. The van der Waals surface area contributed by atoms with E-state index in [1.54, 1.807) is 6.07 Å². The molecule has 0 aliphatic carbocycles. The van der Waals surface area contributed by atoms with E-state index in [2.05, 4.69) is 10.1 Å². The van der Waals surface area contributed by atoms with Crippen molar-refractivity contribution in [2.45, 2.75) is 24.3 Å². The van der Waals surface area contributed by atoms with Gasteiger partial charge in [-0.1, -0.05) is 35.5 Å². The number of benzene rings is 2. The van der Waals surface area contributed by atoms with Gasteiger partial charge in [-0.05, 0) is 54.1 Å². The molecule has 0 unspecified atom stereocenters. The topological polar surface area (TPSA) is 103 Å². The molecular weight excluding hydrogens is 462 g/mol. The number of aromatic nitrogens is 2. The second kappa shape index (κ2) is 8.80. The number of rotatable bonds is 6. The molecule has 0 bridgehead atoms. The van der Waals surface area contributed by atoms with Gasteiger partial charge in [0.25, 0.3) is 15.9 Å². The van der Waals surface area contributed by atoms with Gasteiger partial charge in [-0.3, -0.25) is 4.31 Å². The van der Waals surface area contributed by atoms with Crippen LogP contribution in [0.2, 0.25) is 0 Å². The average Bonchev–Trinajstić information content (AvgIpc) is 3.54. The second-order valence-corrected chi connectivity index (χ2v) is 10.2. The van der Waals surface area contributed by atoms with Crippen molar-refractivity contribution in [3.63, 3.8) is 0 Å². The summed E-state index contributed by atoms with van der Waals surface area (Å²) < 4.78 is 38.5. The predicted octanol–water partition coefficient (Wildman–Crippen LogP) is 4.30. The number of aryl methyl sites for hydroxylation is 1. The zero-order valence-corrected chi connectivity index (χ0v) is 19.0. The molecule has 0 spiro atoms. The van der Waals surface area contributed by atoms with Crippen LogP contribution in [0.5, 0.6) is 0 Å². The van der Waals surface area contributed by atoms with Gasteiger partial charge >= 0.3 is 5.97 Å². The third kappa shape index (κ3) is 4.27. The minimum absolute atomic E-state index is 0.0337. The molecule has 8 nitrogen and oxygen atoms in total. The van der Waals surface area contributed by atoms with Crippen molar-refractivity contribution in [3.05, 3.63) is 83.1 Å². The van der Waals surface area contributed by atoms with E-state index in [9.17, 15) is 13.2 Å². The average molecular weight is 482 g/mol. The standard InChI is InChI=1S/C23H19N3O5S2/c27-23(30-15-21-24-22(25-31-21)20-11-5-13-32-20)17-7-3-9-18(14-17)33(28,29)26-12-4-8-16-6-1-2-10-19(16)26/h1-3,5-7,9-11,13-14H,4,8,12,15H2. The Hall–Kier alpha value is -3.50. The van der Waals surface area contributed by atoms with Gasteiger partial charge < -0.3 is 9.26 Å². The lowest BCUT2D eigenvalue weighted by Gasteiger charge is -2.30. The Kier molecular flexibility index (Phi) is 5.69.